The molecule has 0 aliphatic carbocycles. The SMILES string of the molecule is CCC(C)COCCOc1ccc(NC(C)=O)cc1. The number of hydrogen-bond acceptors (Lipinski definition) is 3. The van der Waals surface area contributed by atoms with E-state index < -0.39 is 0 Å². The van der Waals surface area contributed by atoms with Crippen molar-refractivity contribution < 1.29 is 14.3 Å². The first-order valence-corrected chi connectivity index (χ1v) is 6.70. The van der Waals surface area contributed by atoms with Crippen molar-refractivity contribution in [1.29, 1.82) is 0 Å². The summed E-state index contributed by atoms with van der Waals surface area (Å²) in [5.41, 5.74) is 0.771. The standard InChI is InChI=1S/C15H23NO3/c1-4-12(2)11-18-9-10-19-15-7-5-14(6-8-15)16-13(3)17/h5-8,12H,4,9-11H2,1-3H3,(H,16,17). The second kappa shape index (κ2) is 8.53. The van der Waals surface area contributed by atoms with Gasteiger partial charge in [0.1, 0.15) is 12.4 Å². The van der Waals surface area contributed by atoms with Crippen LogP contribution >= 0.6 is 0 Å². The van der Waals surface area contributed by atoms with Gasteiger partial charge in [-0.1, -0.05) is 20.3 Å². The maximum absolute atomic E-state index is 10.9. The van der Waals surface area contributed by atoms with Crippen molar-refractivity contribution in [2.75, 3.05) is 25.1 Å². The minimum absolute atomic E-state index is 0.0767. The molecule has 0 bridgehead atoms. The Morgan fingerprint density at radius 3 is 2.53 bits per heavy atom. The summed E-state index contributed by atoms with van der Waals surface area (Å²) < 4.78 is 11.0. The molecule has 0 fully saturated rings. The molecule has 0 aromatic heterocycles. The molecule has 0 radical (unpaired) electrons. The third-order valence-corrected chi connectivity index (χ3v) is 2.77. The van der Waals surface area contributed by atoms with Crippen molar-refractivity contribution in [3.8, 4) is 5.75 Å². The van der Waals surface area contributed by atoms with Gasteiger partial charge in [0.25, 0.3) is 0 Å². The molecule has 0 aliphatic heterocycles. The van der Waals surface area contributed by atoms with Crippen LogP contribution in [0.5, 0.6) is 5.75 Å². The maximum Gasteiger partial charge on any atom is 0.221 e. The average molecular weight is 265 g/mol. The van der Waals surface area contributed by atoms with E-state index in [0.29, 0.717) is 19.1 Å². The van der Waals surface area contributed by atoms with Crippen molar-refractivity contribution in [2.24, 2.45) is 5.92 Å². The molecule has 0 saturated heterocycles. The summed E-state index contributed by atoms with van der Waals surface area (Å²) in [5.74, 6) is 1.30. The van der Waals surface area contributed by atoms with Crippen LogP contribution in [0.2, 0.25) is 0 Å². The fourth-order valence-corrected chi connectivity index (χ4v) is 1.46. The van der Waals surface area contributed by atoms with Crippen LogP contribution in [-0.4, -0.2) is 25.7 Å². The Bertz CT molecular complexity index is 375. The highest BCUT2D eigenvalue weighted by atomic mass is 16.5. The van der Waals surface area contributed by atoms with Crippen LogP contribution in [0, 0.1) is 5.92 Å². The molecule has 1 amide bonds. The van der Waals surface area contributed by atoms with E-state index in [4.69, 9.17) is 9.47 Å². The highest BCUT2D eigenvalue weighted by Gasteiger charge is 1.99. The van der Waals surface area contributed by atoms with E-state index in [2.05, 4.69) is 19.2 Å². The third-order valence-electron chi connectivity index (χ3n) is 2.77. The van der Waals surface area contributed by atoms with E-state index in [1.807, 2.05) is 24.3 Å². The van der Waals surface area contributed by atoms with Gasteiger partial charge in [-0.2, -0.15) is 0 Å². The molecule has 0 spiro atoms. The number of amides is 1. The second-order valence-corrected chi connectivity index (χ2v) is 4.64. The van der Waals surface area contributed by atoms with E-state index >= 15 is 0 Å². The van der Waals surface area contributed by atoms with Crippen LogP contribution < -0.4 is 10.1 Å². The Labute approximate surface area is 115 Å². The molecule has 1 aromatic rings. The average Bonchev–Trinajstić information content (AvgIpc) is 2.39. The zero-order valence-electron chi connectivity index (χ0n) is 11.9. The van der Waals surface area contributed by atoms with Crippen LogP contribution in [0.4, 0.5) is 5.69 Å². The van der Waals surface area contributed by atoms with Gasteiger partial charge in [0.15, 0.2) is 0 Å². The largest absolute Gasteiger partial charge is 0.491 e. The molecule has 1 atom stereocenters. The summed E-state index contributed by atoms with van der Waals surface area (Å²) in [6, 6.07) is 7.30. The van der Waals surface area contributed by atoms with Gasteiger partial charge in [-0.3, -0.25) is 4.79 Å². The van der Waals surface area contributed by atoms with Gasteiger partial charge in [-0.25, -0.2) is 0 Å². The minimum atomic E-state index is -0.0767. The number of ether oxygens (including phenoxy) is 2. The molecular weight excluding hydrogens is 242 g/mol. The number of benzene rings is 1. The number of nitrogens with one attached hydrogen (secondary N) is 1. The monoisotopic (exact) mass is 265 g/mol. The predicted molar refractivity (Wildman–Crippen MR) is 76.5 cm³/mol. The van der Waals surface area contributed by atoms with Crippen molar-refractivity contribution in [3.63, 3.8) is 0 Å². The fourth-order valence-electron chi connectivity index (χ4n) is 1.46. The zero-order chi connectivity index (χ0) is 14.1. The van der Waals surface area contributed by atoms with Crippen LogP contribution in [0.3, 0.4) is 0 Å². The summed E-state index contributed by atoms with van der Waals surface area (Å²) in [7, 11) is 0. The van der Waals surface area contributed by atoms with Gasteiger partial charge in [-0.15, -0.1) is 0 Å². The summed E-state index contributed by atoms with van der Waals surface area (Å²) in [4.78, 5) is 10.9. The molecule has 4 nitrogen and oxygen atoms in total. The Morgan fingerprint density at radius 2 is 1.95 bits per heavy atom. The molecule has 0 saturated carbocycles. The van der Waals surface area contributed by atoms with E-state index in [1.54, 1.807) is 0 Å². The molecule has 0 aliphatic rings. The van der Waals surface area contributed by atoms with Gasteiger partial charge in [0.2, 0.25) is 5.91 Å². The van der Waals surface area contributed by atoms with Gasteiger partial charge >= 0.3 is 0 Å². The number of carbonyl (C=O) groups is 1. The summed E-state index contributed by atoms with van der Waals surface area (Å²) in [5, 5.41) is 2.71. The van der Waals surface area contributed by atoms with Gasteiger partial charge in [0.05, 0.1) is 6.61 Å². The van der Waals surface area contributed by atoms with Crippen LogP contribution in [0.1, 0.15) is 27.2 Å². The molecule has 4 heteroatoms. The number of rotatable bonds is 8. The first-order chi connectivity index (χ1) is 9.11. The summed E-state index contributed by atoms with van der Waals surface area (Å²) in [6.07, 6.45) is 1.13. The molecule has 0 heterocycles. The minimum Gasteiger partial charge on any atom is -0.491 e. The zero-order valence-corrected chi connectivity index (χ0v) is 11.9. The van der Waals surface area contributed by atoms with Gasteiger partial charge in [-0.05, 0) is 30.2 Å². The lowest BCUT2D eigenvalue weighted by molar-refractivity contribution is -0.114. The number of hydrogen-bond donors (Lipinski definition) is 1. The van der Waals surface area contributed by atoms with E-state index in [1.165, 1.54) is 6.92 Å². The Balaban J connectivity index is 2.21. The first-order valence-electron chi connectivity index (χ1n) is 6.70. The van der Waals surface area contributed by atoms with Crippen molar-refractivity contribution >= 4 is 11.6 Å². The molecule has 19 heavy (non-hydrogen) atoms. The smallest absolute Gasteiger partial charge is 0.221 e. The summed E-state index contributed by atoms with van der Waals surface area (Å²) >= 11 is 0. The lowest BCUT2D eigenvalue weighted by Gasteiger charge is -2.10. The maximum atomic E-state index is 10.9. The first kappa shape index (κ1) is 15.5. The van der Waals surface area contributed by atoms with E-state index in [9.17, 15) is 4.79 Å². The topological polar surface area (TPSA) is 47.6 Å². The lowest BCUT2D eigenvalue weighted by Crippen LogP contribution is -2.11. The molecule has 1 rings (SSSR count). The Hall–Kier alpha value is -1.55. The highest BCUT2D eigenvalue weighted by Crippen LogP contribution is 2.15. The molecule has 1 aromatic carbocycles. The Morgan fingerprint density at radius 1 is 1.26 bits per heavy atom. The highest BCUT2D eigenvalue weighted by molar-refractivity contribution is 5.88. The lowest BCUT2D eigenvalue weighted by atomic mass is 10.1. The molecule has 1 unspecified atom stereocenters. The molecule has 1 N–H and O–H groups in total. The van der Waals surface area contributed by atoms with Crippen LogP contribution in [0.15, 0.2) is 24.3 Å². The van der Waals surface area contributed by atoms with Crippen molar-refractivity contribution in [2.45, 2.75) is 27.2 Å². The van der Waals surface area contributed by atoms with Crippen LogP contribution in [0.25, 0.3) is 0 Å². The van der Waals surface area contributed by atoms with Crippen LogP contribution in [-0.2, 0) is 9.53 Å². The normalized spacial score (nSPS) is 11.9. The third kappa shape index (κ3) is 6.82. The number of carbonyl (C=O) groups excluding carboxylic acids is 1. The van der Waals surface area contributed by atoms with Crippen molar-refractivity contribution in [1.82, 2.24) is 0 Å². The van der Waals surface area contributed by atoms with E-state index in [0.717, 1.165) is 24.5 Å². The number of anilines is 1. The second-order valence-electron chi connectivity index (χ2n) is 4.64. The van der Waals surface area contributed by atoms with Crippen molar-refractivity contribution in [3.05, 3.63) is 24.3 Å². The van der Waals surface area contributed by atoms with Gasteiger partial charge < -0.3 is 14.8 Å². The fraction of sp³-hybridized carbons (Fsp3) is 0.533. The van der Waals surface area contributed by atoms with E-state index in [-0.39, 0.29) is 5.91 Å². The van der Waals surface area contributed by atoms with Gasteiger partial charge in [0, 0.05) is 19.2 Å². The summed E-state index contributed by atoms with van der Waals surface area (Å²) in [6.45, 7) is 7.72. The molecule has 106 valence electrons. The predicted octanol–water partition coefficient (Wildman–Crippen LogP) is 3.09. The quantitative estimate of drug-likeness (QED) is 0.735. The molecular formula is C15H23NO3. The Kier molecular flexibility index (Phi) is 6.97.